The topological polar surface area (TPSA) is 46.8 Å². The predicted octanol–water partition coefficient (Wildman–Crippen LogP) is 3.77. The van der Waals surface area contributed by atoms with Gasteiger partial charge in [-0.15, -0.1) is 0 Å². The fourth-order valence-electron chi connectivity index (χ4n) is 3.26. The van der Waals surface area contributed by atoms with Crippen LogP contribution in [0.25, 0.3) is 5.65 Å². The van der Waals surface area contributed by atoms with Gasteiger partial charge >= 0.3 is 0 Å². The summed E-state index contributed by atoms with van der Waals surface area (Å²) in [6.07, 6.45) is 1.78. The quantitative estimate of drug-likeness (QED) is 0.598. The van der Waals surface area contributed by atoms with E-state index in [4.69, 9.17) is 9.72 Å². The Kier molecular flexibility index (Phi) is 6.60. The van der Waals surface area contributed by atoms with Gasteiger partial charge in [0.05, 0.1) is 12.3 Å². The summed E-state index contributed by atoms with van der Waals surface area (Å²) in [5, 5.41) is 0. The molecule has 0 radical (unpaired) electrons. The van der Waals surface area contributed by atoms with Crippen LogP contribution in [0.4, 0.5) is 0 Å². The molecule has 0 saturated heterocycles. The normalized spacial score (nSPS) is 11.6. The zero-order valence-electron chi connectivity index (χ0n) is 17.2. The molecule has 0 N–H and O–H groups in total. The average molecular weight is 380 g/mol. The van der Waals surface area contributed by atoms with E-state index in [1.54, 1.807) is 23.8 Å². The minimum absolute atomic E-state index is 0.0482. The summed E-state index contributed by atoms with van der Waals surface area (Å²) in [6.45, 7) is 9.21. The molecular formula is C23H29N3O2. The number of fused-ring (bicyclic) bond motifs is 1. The summed E-state index contributed by atoms with van der Waals surface area (Å²) in [7, 11) is 1.71. The molecule has 2 heterocycles. The fourth-order valence-corrected chi connectivity index (χ4v) is 3.26. The van der Waals surface area contributed by atoms with E-state index in [0.29, 0.717) is 24.7 Å². The Hall–Kier alpha value is -2.50. The number of ether oxygens (including phenoxy) is 1. The first kappa shape index (κ1) is 20.2. The highest BCUT2D eigenvalue weighted by Gasteiger charge is 2.11. The highest BCUT2D eigenvalue weighted by atomic mass is 16.5. The van der Waals surface area contributed by atoms with Crippen LogP contribution in [0, 0.1) is 6.92 Å². The van der Waals surface area contributed by atoms with Crippen molar-refractivity contribution in [2.75, 3.05) is 20.3 Å². The first-order valence-corrected chi connectivity index (χ1v) is 9.75. The standard InChI is InChI=1S/C23H29N3O2/c1-17(2)20-7-5-19(6-8-20)15-25(11-12-28-4)16-21-14-23(27)26-10-9-18(3)13-22(26)24-21/h5-10,13-14,17H,11-12,15-16H2,1-4H3. The second kappa shape index (κ2) is 9.13. The maximum absolute atomic E-state index is 12.4. The zero-order valence-corrected chi connectivity index (χ0v) is 17.2. The van der Waals surface area contributed by atoms with Gasteiger partial charge < -0.3 is 4.74 Å². The minimum atomic E-state index is -0.0482. The third kappa shape index (κ3) is 5.06. The number of benzene rings is 1. The Morgan fingerprint density at radius 1 is 1.11 bits per heavy atom. The van der Waals surface area contributed by atoms with Gasteiger partial charge in [-0.05, 0) is 41.7 Å². The van der Waals surface area contributed by atoms with E-state index in [2.05, 4.69) is 43.0 Å². The van der Waals surface area contributed by atoms with Crippen molar-refractivity contribution in [3.8, 4) is 0 Å². The van der Waals surface area contributed by atoms with Crippen molar-refractivity contribution in [1.82, 2.24) is 14.3 Å². The van der Waals surface area contributed by atoms with Crippen LogP contribution >= 0.6 is 0 Å². The first-order chi connectivity index (χ1) is 13.5. The number of rotatable bonds is 8. The number of pyridine rings is 1. The van der Waals surface area contributed by atoms with Crippen molar-refractivity contribution in [2.24, 2.45) is 0 Å². The maximum Gasteiger partial charge on any atom is 0.258 e. The second-order valence-corrected chi connectivity index (χ2v) is 7.62. The first-order valence-electron chi connectivity index (χ1n) is 9.75. The van der Waals surface area contributed by atoms with Gasteiger partial charge in [0.25, 0.3) is 5.56 Å². The summed E-state index contributed by atoms with van der Waals surface area (Å²) >= 11 is 0. The van der Waals surface area contributed by atoms with Gasteiger partial charge in [0, 0.05) is 39.0 Å². The molecule has 3 aromatic rings. The lowest BCUT2D eigenvalue weighted by atomic mass is 10.0. The van der Waals surface area contributed by atoms with Crippen molar-refractivity contribution >= 4 is 5.65 Å². The van der Waals surface area contributed by atoms with E-state index in [-0.39, 0.29) is 5.56 Å². The number of nitrogens with zero attached hydrogens (tertiary/aromatic N) is 3. The van der Waals surface area contributed by atoms with E-state index in [1.165, 1.54) is 11.1 Å². The number of aromatic nitrogens is 2. The van der Waals surface area contributed by atoms with Crippen molar-refractivity contribution in [3.05, 3.63) is 81.4 Å². The largest absolute Gasteiger partial charge is 0.383 e. The van der Waals surface area contributed by atoms with Gasteiger partial charge in [0.15, 0.2) is 0 Å². The third-order valence-corrected chi connectivity index (χ3v) is 4.93. The van der Waals surface area contributed by atoms with Crippen molar-refractivity contribution in [1.29, 1.82) is 0 Å². The van der Waals surface area contributed by atoms with Crippen LogP contribution in [0.2, 0.25) is 0 Å². The van der Waals surface area contributed by atoms with E-state index in [9.17, 15) is 4.79 Å². The monoisotopic (exact) mass is 379 g/mol. The van der Waals surface area contributed by atoms with E-state index >= 15 is 0 Å². The summed E-state index contributed by atoms with van der Waals surface area (Å²) in [5.41, 5.74) is 5.10. The molecule has 5 nitrogen and oxygen atoms in total. The molecule has 3 rings (SSSR count). The lowest BCUT2D eigenvalue weighted by Gasteiger charge is -2.22. The van der Waals surface area contributed by atoms with Gasteiger partial charge in [-0.1, -0.05) is 38.1 Å². The lowest BCUT2D eigenvalue weighted by Crippen LogP contribution is -2.28. The molecule has 0 saturated carbocycles. The van der Waals surface area contributed by atoms with Crippen molar-refractivity contribution in [2.45, 2.75) is 39.8 Å². The predicted molar refractivity (Wildman–Crippen MR) is 113 cm³/mol. The Bertz CT molecular complexity index is 977. The zero-order chi connectivity index (χ0) is 20.1. The Morgan fingerprint density at radius 2 is 1.86 bits per heavy atom. The van der Waals surface area contributed by atoms with Gasteiger partial charge in [-0.2, -0.15) is 0 Å². The van der Waals surface area contributed by atoms with E-state index in [0.717, 1.165) is 24.3 Å². The van der Waals surface area contributed by atoms with Crippen LogP contribution in [0.1, 0.15) is 42.1 Å². The Morgan fingerprint density at radius 3 is 2.54 bits per heavy atom. The number of hydrogen-bond acceptors (Lipinski definition) is 4. The van der Waals surface area contributed by atoms with Gasteiger partial charge in [-0.3, -0.25) is 14.1 Å². The third-order valence-electron chi connectivity index (χ3n) is 4.93. The molecule has 0 unspecified atom stereocenters. The SMILES string of the molecule is COCCN(Cc1ccc(C(C)C)cc1)Cc1cc(=O)n2ccc(C)cc2n1. The smallest absolute Gasteiger partial charge is 0.258 e. The molecule has 148 valence electrons. The van der Waals surface area contributed by atoms with Gasteiger partial charge in [-0.25, -0.2) is 4.98 Å². The summed E-state index contributed by atoms with van der Waals surface area (Å²) in [5.74, 6) is 0.525. The van der Waals surface area contributed by atoms with Crippen LogP contribution < -0.4 is 5.56 Å². The molecule has 0 aliphatic heterocycles. The fraction of sp³-hybridized carbons (Fsp3) is 0.391. The molecule has 2 aromatic heterocycles. The average Bonchev–Trinajstić information content (AvgIpc) is 2.66. The van der Waals surface area contributed by atoms with Crippen LogP contribution in [0.3, 0.4) is 0 Å². The van der Waals surface area contributed by atoms with Crippen LogP contribution in [-0.2, 0) is 17.8 Å². The molecule has 0 aliphatic carbocycles. The number of hydrogen-bond donors (Lipinski definition) is 0. The number of methoxy groups -OCH3 is 1. The Labute approximate surface area is 166 Å². The molecule has 0 amide bonds. The van der Waals surface area contributed by atoms with Crippen LogP contribution in [0.15, 0.2) is 53.5 Å². The maximum atomic E-state index is 12.4. The molecule has 1 aromatic carbocycles. The molecule has 28 heavy (non-hydrogen) atoms. The van der Waals surface area contributed by atoms with Crippen molar-refractivity contribution in [3.63, 3.8) is 0 Å². The molecule has 0 fully saturated rings. The highest BCUT2D eigenvalue weighted by molar-refractivity contribution is 5.41. The molecule has 0 bridgehead atoms. The summed E-state index contributed by atoms with van der Waals surface area (Å²) in [4.78, 5) is 19.4. The summed E-state index contributed by atoms with van der Waals surface area (Å²) in [6, 6.07) is 14.2. The van der Waals surface area contributed by atoms with Gasteiger partial charge in [0.2, 0.25) is 0 Å². The summed E-state index contributed by atoms with van der Waals surface area (Å²) < 4.78 is 6.86. The van der Waals surface area contributed by atoms with Crippen LogP contribution in [-0.4, -0.2) is 34.5 Å². The van der Waals surface area contributed by atoms with Gasteiger partial charge in [0.1, 0.15) is 5.65 Å². The number of aryl methyl sites for hydroxylation is 1. The van der Waals surface area contributed by atoms with E-state index in [1.807, 2.05) is 19.1 Å². The molecule has 0 spiro atoms. The molecule has 0 atom stereocenters. The molecular weight excluding hydrogens is 350 g/mol. The second-order valence-electron chi connectivity index (χ2n) is 7.62. The lowest BCUT2D eigenvalue weighted by molar-refractivity contribution is 0.139. The molecule has 0 aliphatic rings. The highest BCUT2D eigenvalue weighted by Crippen LogP contribution is 2.16. The molecule has 5 heteroatoms. The minimum Gasteiger partial charge on any atom is -0.383 e. The van der Waals surface area contributed by atoms with Crippen LogP contribution in [0.5, 0.6) is 0 Å². The van der Waals surface area contributed by atoms with E-state index < -0.39 is 0 Å². The van der Waals surface area contributed by atoms with Crippen molar-refractivity contribution < 1.29 is 4.74 Å². The Balaban J connectivity index is 1.82.